The SMILES string of the molecule is CN1CCN(c2ccccc2N2CC(CS)CC2=O)CC1. The number of nitrogens with zero attached hydrogens (tertiary/aromatic N) is 3. The molecule has 1 aromatic carbocycles. The summed E-state index contributed by atoms with van der Waals surface area (Å²) in [6.45, 7) is 4.98. The van der Waals surface area contributed by atoms with Gasteiger partial charge >= 0.3 is 0 Å². The molecule has 4 nitrogen and oxygen atoms in total. The Bertz CT molecular complexity index is 514. The largest absolute Gasteiger partial charge is 0.367 e. The number of likely N-dealkylation sites (N-methyl/N-ethyl adjacent to an activating group) is 1. The normalized spacial score (nSPS) is 23.9. The first kappa shape index (κ1) is 14.7. The van der Waals surface area contributed by atoms with Crippen LogP contribution in [0.15, 0.2) is 24.3 Å². The van der Waals surface area contributed by atoms with Crippen LogP contribution in [-0.2, 0) is 4.79 Å². The van der Waals surface area contributed by atoms with E-state index in [0.29, 0.717) is 12.3 Å². The lowest BCUT2D eigenvalue weighted by Gasteiger charge is -2.36. The van der Waals surface area contributed by atoms with Gasteiger partial charge in [-0.1, -0.05) is 12.1 Å². The van der Waals surface area contributed by atoms with Crippen LogP contribution in [0.3, 0.4) is 0 Å². The van der Waals surface area contributed by atoms with Gasteiger partial charge in [-0.25, -0.2) is 0 Å². The molecule has 0 spiro atoms. The smallest absolute Gasteiger partial charge is 0.227 e. The van der Waals surface area contributed by atoms with Gasteiger partial charge in [-0.15, -0.1) is 0 Å². The Morgan fingerprint density at radius 2 is 1.81 bits per heavy atom. The van der Waals surface area contributed by atoms with Crippen LogP contribution < -0.4 is 9.80 Å². The van der Waals surface area contributed by atoms with Gasteiger partial charge in [-0.3, -0.25) is 4.79 Å². The summed E-state index contributed by atoms with van der Waals surface area (Å²) in [6.07, 6.45) is 0.626. The second-order valence-electron chi connectivity index (χ2n) is 6.04. The van der Waals surface area contributed by atoms with E-state index in [2.05, 4.69) is 47.7 Å². The van der Waals surface area contributed by atoms with Gasteiger partial charge in [-0.05, 0) is 30.9 Å². The van der Waals surface area contributed by atoms with Crippen molar-refractivity contribution in [1.29, 1.82) is 0 Å². The van der Waals surface area contributed by atoms with E-state index < -0.39 is 0 Å². The minimum absolute atomic E-state index is 0.232. The van der Waals surface area contributed by atoms with Crippen molar-refractivity contribution < 1.29 is 4.79 Å². The summed E-state index contributed by atoms with van der Waals surface area (Å²) in [5.41, 5.74) is 2.26. The van der Waals surface area contributed by atoms with Gasteiger partial charge in [0, 0.05) is 39.1 Å². The van der Waals surface area contributed by atoms with Crippen LogP contribution in [0.1, 0.15) is 6.42 Å². The van der Waals surface area contributed by atoms with E-state index in [1.807, 2.05) is 11.0 Å². The fourth-order valence-corrected chi connectivity index (χ4v) is 3.39. The molecule has 1 aromatic rings. The van der Waals surface area contributed by atoms with Crippen LogP contribution in [0.2, 0.25) is 0 Å². The number of carbonyl (C=O) groups excluding carboxylic acids is 1. The number of hydrogen-bond acceptors (Lipinski definition) is 4. The lowest BCUT2D eigenvalue weighted by Crippen LogP contribution is -2.45. The fraction of sp³-hybridized carbons (Fsp3) is 0.562. The first-order valence-corrected chi connectivity index (χ1v) is 8.26. The van der Waals surface area contributed by atoms with Gasteiger partial charge in [-0.2, -0.15) is 12.6 Å². The maximum absolute atomic E-state index is 12.3. The third-order valence-electron chi connectivity index (χ3n) is 4.48. The number of anilines is 2. The van der Waals surface area contributed by atoms with Crippen LogP contribution in [0.25, 0.3) is 0 Å². The fourth-order valence-electron chi connectivity index (χ4n) is 3.14. The highest BCUT2D eigenvalue weighted by Crippen LogP contribution is 2.34. The number of carbonyl (C=O) groups is 1. The molecule has 3 rings (SSSR count). The summed E-state index contributed by atoms with van der Waals surface area (Å²) in [4.78, 5) is 19.0. The van der Waals surface area contributed by atoms with Gasteiger partial charge in [0.25, 0.3) is 0 Å². The Balaban J connectivity index is 1.84. The summed E-state index contributed by atoms with van der Waals surface area (Å²) in [5.74, 6) is 1.39. The van der Waals surface area contributed by atoms with Gasteiger partial charge in [0.05, 0.1) is 11.4 Å². The zero-order valence-corrected chi connectivity index (χ0v) is 13.4. The molecular formula is C16H23N3OS. The molecule has 21 heavy (non-hydrogen) atoms. The van der Waals surface area contributed by atoms with Gasteiger partial charge in [0.15, 0.2) is 0 Å². The summed E-state index contributed by atoms with van der Waals surface area (Å²) < 4.78 is 0. The van der Waals surface area contributed by atoms with Crippen LogP contribution in [-0.4, -0.2) is 56.3 Å². The molecular weight excluding hydrogens is 282 g/mol. The average molecular weight is 305 g/mol. The molecule has 0 saturated carbocycles. The zero-order chi connectivity index (χ0) is 14.8. The number of piperazine rings is 1. The highest BCUT2D eigenvalue weighted by molar-refractivity contribution is 7.80. The van der Waals surface area contributed by atoms with E-state index in [-0.39, 0.29) is 5.91 Å². The van der Waals surface area contributed by atoms with Crippen molar-refractivity contribution in [2.24, 2.45) is 5.92 Å². The van der Waals surface area contributed by atoms with Crippen LogP contribution in [0.5, 0.6) is 0 Å². The second kappa shape index (κ2) is 6.28. The topological polar surface area (TPSA) is 26.8 Å². The maximum Gasteiger partial charge on any atom is 0.227 e. The van der Waals surface area contributed by atoms with E-state index in [9.17, 15) is 4.79 Å². The molecule has 0 aliphatic carbocycles. The first-order chi connectivity index (χ1) is 10.2. The molecule has 5 heteroatoms. The van der Waals surface area contributed by atoms with Crippen molar-refractivity contribution in [3.63, 3.8) is 0 Å². The zero-order valence-electron chi connectivity index (χ0n) is 12.5. The highest BCUT2D eigenvalue weighted by Gasteiger charge is 2.31. The lowest BCUT2D eigenvalue weighted by atomic mass is 10.1. The Hall–Kier alpha value is -1.20. The van der Waals surface area contributed by atoms with Crippen molar-refractivity contribution in [3.05, 3.63) is 24.3 Å². The molecule has 2 saturated heterocycles. The van der Waals surface area contributed by atoms with Crippen LogP contribution in [0.4, 0.5) is 11.4 Å². The molecule has 0 radical (unpaired) electrons. The summed E-state index contributed by atoms with van der Waals surface area (Å²) in [5, 5.41) is 0. The monoisotopic (exact) mass is 305 g/mol. The molecule has 0 N–H and O–H groups in total. The minimum atomic E-state index is 0.232. The summed E-state index contributed by atoms with van der Waals surface area (Å²) in [7, 11) is 2.16. The molecule has 2 aliphatic rings. The van der Waals surface area contributed by atoms with Gasteiger partial charge < -0.3 is 14.7 Å². The van der Waals surface area contributed by atoms with Crippen molar-refractivity contribution >= 4 is 29.9 Å². The van der Waals surface area contributed by atoms with E-state index in [4.69, 9.17) is 0 Å². The van der Waals surface area contributed by atoms with Crippen molar-refractivity contribution in [1.82, 2.24) is 4.90 Å². The molecule has 1 amide bonds. The molecule has 0 aromatic heterocycles. The third-order valence-corrected chi connectivity index (χ3v) is 5.00. The third kappa shape index (κ3) is 3.04. The summed E-state index contributed by atoms with van der Waals surface area (Å²) in [6, 6.07) is 8.30. The van der Waals surface area contributed by atoms with E-state index in [1.165, 1.54) is 5.69 Å². The Kier molecular flexibility index (Phi) is 4.40. The van der Waals surface area contributed by atoms with E-state index >= 15 is 0 Å². The van der Waals surface area contributed by atoms with Crippen molar-refractivity contribution in [2.45, 2.75) is 6.42 Å². The number of rotatable bonds is 3. The first-order valence-electron chi connectivity index (χ1n) is 7.63. The number of benzene rings is 1. The van der Waals surface area contributed by atoms with Crippen molar-refractivity contribution in [3.8, 4) is 0 Å². The van der Waals surface area contributed by atoms with Crippen LogP contribution >= 0.6 is 12.6 Å². The molecule has 114 valence electrons. The number of thiol groups is 1. The Labute approximate surface area is 132 Å². The number of hydrogen-bond donors (Lipinski definition) is 1. The molecule has 2 fully saturated rings. The Morgan fingerprint density at radius 1 is 1.14 bits per heavy atom. The second-order valence-corrected chi connectivity index (χ2v) is 6.40. The van der Waals surface area contributed by atoms with Crippen LogP contribution in [0, 0.1) is 5.92 Å². The predicted octanol–water partition coefficient (Wildman–Crippen LogP) is 1.72. The number of para-hydroxylation sites is 2. The highest BCUT2D eigenvalue weighted by atomic mass is 32.1. The average Bonchev–Trinajstić information content (AvgIpc) is 2.89. The Morgan fingerprint density at radius 3 is 2.43 bits per heavy atom. The maximum atomic E-state index is 12.3. The van der Waals surface area contributed by atoms with Gasteiger partial charge in [0.2, 0.25) is 5.91 Å². The molecule has 0 bridgehead atoms. The minimum Gasteiger partial charge on any atom is -0.367 e. The van der Waals surface area contributed by atoms with Gasteiger partial charge in [0.1, 0.15) is 0 Å². The number of amides is 1. The summed E-state index contributed by atoms with van der Waals surface area (Å²) >= 11 is 4.35. The molecule has 1 unspecified atom stereocenters. The standard InChI is InChI=1S/C16H23N3OS/c1-17-6-8-18(9-7-17)14-4-2-3-5-15(14)19-11-13(12-21)10-16(19)20/h2-5,13,21H,6-12H2,1H3. The lowest BCUT2D eigenvalue weighted by molar-refractivity contribution is -0.117. The molecule has 2 aliphatic heterocycles. The van der Waals surface area contributed by atoms with E-state index in [1.54, 1.807) is 0 Å². The molecule has 1 atom stereocenters. The van der Waals surface area contributed by atoms with Crippen molar-refractivity contribution in [2.75, 3.05) is 55.3 Å². The quantitative estimate of drug-likeness (QED) is 0.862. The molecule has 2 heterocycles. The predicted molar refractivity (Wildman–Crippen MR) is 90.5 cm³/mol. The van der Waals surface area contributed by atoms with E-state index in [0.717, 1.165) is 44.2 Å².